The van der Waals surface area contributed by atoms with Crippen molar-refractivity contribution in [2.45, 2.75) is 0 Å². The van der Waals surface area contributed by atoms with Gasteiger partial charge in [0.25, 0.3) is 0 Å². The van der Waals surface area contributed by atoms with E-state index in [0.717, 1.165) is 11.1 Å². The van der Waals surface area contributed by atoms with Crippen LogP contribution in [0.3, 0.4) is 0 Å². The second-order valence-corrected chi connectivity index (χ2v) is 6.33. The summed E-state index contributed by atoms with van der Waals surface area (Å²) in [6.45, 7) is 0. The van der Waals surface area contributed by atoms with E-state index in [1.807, 2.05) is 30.3 Å². The van der Waals surface area contributed by atoms with Crippen LogP contribution in [0.1, 0.15) is 0 Å². The van der Waals surface area contributed by atoms with Crippen LogP contribution < -0.4 is 10.4 Å². The van der Waals surface area contributed by atoms with Crippen molar-refractivity contribution in [2.75, 3.05) is 0 Å². The van der Waals surface area contributed by atoms with Crippen LogP contribution in [-0.4, -0.2) is 25.3 Å². The van der Waals surface area contributed by atoms with Gasteiger partial charge >= 0.3 is 5.63 Å². The quantitative estimate of drug-likeness (QED) is 0.432. The number of nitrogens with zero attached hydrogens (tertiary/aromatic N) is 5. The minimum absolute atomic E-state index is 0.239. The Bertz CT molecular complexity index is 1380. The average Bonchev–Trinajstić information content (AvgIpc) is 3.17. The fourth-order valence-corrected chi connectivity index (χ4v) is 3.10. The van der Waals surface area contributed by atoms with Gasteiger partial charge in [-0.3, -0.25) is 0 Å². The summed E-state index contributed by atoms with van der Waals surface area (Å²) >= 11 is 6.43. The molecular weight excluding hydrogens is 382 g/mol. The Labute approximate surface area is 161 Å². The van der Waals surface area contributed by atoms with Crippen molar-refractivity contribution in [1.82, 2.24) is 25.3 Å². The van der Waals surface area contributed by atoms with Crippen LogP contribution in [0.4, 0.5) is 0 Å². The number of hydrogen-bond donors (Lipinski definition) is 0. The van der Waals surface area contributed by atoms with Crippen LogP contribution in [0.5, 0.6) is 11.6 Å². The molecule has 0 atom stereocenters. The van der Waals surface area contributed by atoms with Crippen LogP contribution >= 0.6 is 11.6 Å². The van der Waals surface area contributed by atoms with Gasteiger partial charge in [0.05, 0.1) is 5.02 Å². The molecule has 0 N–H and O–H groups in total. The Morgan fingerprint density at radius 1 is 1.04 bits per heavy atom. The van der Waals surface area contributed by atoms with Gasteiger partial charge in [0.1, 0.15) is 5.58 Å². The number of rotatable bonds is 3. The summed E-state index contributed by atoms with van der Waals surface area (Å²) < 4.78 is 12.4. The molecule has 9 heteroatoms. The Hall–Kier alpha value is -3.78. The van der Waals surface area contributed by atoms with Crippen molar-refractivity contribution in [1.29, 1.82) is 0 Å². The molecule has 0 aliphatic heterocycles. The molecule has 0 unspecified atom stereocenters. The first-order valence-corrected chi connectivity index (χ1v) is 8.61. The lowest BCUT2D eigenvalue weighted by Crippen LogP contribution is -2.00. The van der Waals surface area contributed by atoms with Crippen LogP contribution in [0, 0.1) is 0 Å². The van der Waals surface area contributed by atoms with Gasteiger partial charge in [-0.05, 0) is 33.7 Å². The lowest BCUT2D eigenvalue weighted by Gasteiger charge is -2.10. The van der Waals surface area contributed by atoms with Crippen molar-refractivity contribution in [2.24, 2.45) is 0 Å². The first kappa shape index (κ1) is 16.4. The first-order chi connectivity index (χ1) is 13.7. The highest BCUT2D eigenvalue weighted by Gasteiger charge is 2.14. The Morgan fingerprint density at radius 3 is 2.75 bits per heavy atom. The SMILES string of the molecule is O=c1cc(-c2ccccc2)c2cc(Cl)c(Oc3ccc4nnnn4n3)cc2o1. The van der Waals surface area contributed by atoms with E-state index in [4.69, 9.17) is 20.8 Å². The molecule has 2 aromatic carbocycles. The maximum absolute atomic E-state index is 12.1. The minimum atomic E-state index is -0.465. The predicted molar refractivity (Wildman–Crippen MR) is 102 cm³/mol. The summed E-state index contributed by atoms with van der Waals surface area (Å²) in [5.74, 6) is 0.532. The maximum Gasteiger partial charge on any atom is 0.336 e. The molecule has 28 heavy (non-hydrogen) atoms. The monoisotopic (exact) mass is 391 g/mol. The number of tetrazole rings is 1. The van der Waals surface area contributed by atoms with Crippen molar-refractivity contribution in [3.05, 3.63) is 76.1 Å². The van der Waals surface area contributed by atoms with E-state index in [2.05, 4.69) is 20.6 Å². The molecule has 0 bridgehead atoms. The lowest BCUT2D eigenvalue weighted by atomic mass is 10.0. The smallest absolute Gasteiger partial charge is 0.336 e. The maximum atomic E-state index is 12.1. The van der Waals surface area contributed by atoms with Gasteiger partial charge in [0.15, 0.2) is 11.4 Å². The number of aromatic nitrogens is 5. The molecule has 0 aliphatic carbocycles. The largest absolute Gasteiger partial charge is 0.436 e. The van der Waals surface area contributed by atoms with Gasteiger partial charge in [-0.15, -0.1) is 14.8 Å². The third-order valence-corrected chi connectivity index (χ3v) is 4.44. The topological polar surface area (TPSA) is 95.4 Å². The fraction of sp³-hybridized carbons (Fsp3) is 0. The Kier molecular flexibility index (Phi) is 3.77. The highest BCUT2D eigenvalue weighted by Crippen LogP contribution is 2.36. The molecule has 3 heterocycles. The van der Waals surface area contributed by atoms with Gasteiger partial charge in [-0.2, -0.15) is 0 Å². The molecule has 0 amide bonds. The number of benzene rings is 2. The van der Waals surface area contributed by atoms with E-state index in [9.17, 15) is 4.79 Å². The molecule has 0 radical (unpaired) electrons. The third-order valence-electron chi connectivity index (χ3n) is 4.14. The molecule has 3 aromatic heterocycles. The van der Waals surface area contributed by atoms with Gasteiger partial charge in [-0.25, -0.2) is 4.79 Å². The van der Waals surface area contributed by atoms with Gasteiger partial charge in [-0.1, -0.05) is 41.9 Å². The normalized spacial score (nSPS) is 11.2. The van der Waals surface area contributed by atoms with Crippen LogP contribution in [-0.2, 0) is 0 Å². The molecule has 8 nitrogen and oxygen atoms in total. The van der Waals surface area contributed by atoms with Gasteiger partial charge in [0, 0.05) is 23.6 Å². The van der Waals surface area contributed by atoms with Crippen LogP contribution in [0.25, 0.3) is 27.7 Å². The fourth-order valence-electron chi connectivity index (χ4n) is 2.90. The molecule has 5 rings (SSSR count). The zero-order valence-electron chi connectivity index (χ0n) is 14.1. The first-order valence-electron chi connectivity index (χ1n) is 8.23. The molecule has 0 fully saturated rings. The summed E-state index contributed by atoms with van der Waals surface area (Å²) in [4.78, 5) is 12.1. The second kappa shape index (κ2) is 6.43. The number of hydrogen-bond acceptors (Lipinski definition) is 7. The lowest BCUT2D eigenvalue weighted by molar-refractivity contribution is 0.446. The van der Waals surface area contributed by atoms with Gasteiger partial charge < -0.3 is 9.15 Å². The standard InChI is InChI=1S/C19H10ClN5O3/c20-14-8-13-12(11-4-2-1-3-5-11)9-19(26)28-15(13)10-16(14)27-18-7-6-17-21-23-24-25(17)22-18/h1-10H. The summed E-state index contributed by atoms with van der Waals surface area (Å²) in [5, 5.41) is 16.2. The zero-order chi connectivity index (χ0) is 19.1. The van der Waals surface area contributed by atoms with E-state index in [1.165, 1.54) is 10.7 Å². The molecule has 0 spiro atoms. The van der Waals surface area contributed by atoms with Crippen molar-refractivity contribution < 1.29 is 9.15 Å². The minimum Gasteiger partial charge on any atom is -0.436 e. The molecule has 0 saturated heterocycles. The second-order valence-electron chi connectivity index (χ2n) is 5.92. The third kappa shape index (κ3) is 2.85. The predicted octanol–water partition coefficient (Wildman–Crippen LogP) is 3.74. The molecule has 0 aliphatic rings. The molecule has 0 saturated carbocycles. The van der Waals surface area contributed by atoms with Crippen LogP contribution in [0.15, 0.2) is 69.9 Å². The Balaban J connectivity index is 1.63. The summed E-state index contributed by atoms with van der Waals surface area (Å²) in [6, 6.07) is 17.5. The van der Waals surface area contributed by atoms with Crippen molar-refractivity contribution in [3.8, 4) is 22.8 Å². The number of fused-ring (bicyclic) bond motifs is 2. The van der Waals surface area contributed by atoms with E-state index < -0.39 is 5.63 Å². The molecule has 136 valence electrons. The number of ether oxygens (including phenoxy) is 1. The highest BCUT2D eigenvalue weighted by atomic mass is 35.5. The van der Waals surface area contributed by atoms with Crippen molar-refractivity contribution >= 4 is 28.2 Å². The van der Waals surface area contributed by atoms with E-state index >= 15 is 0 Å². The average molecular weight is 392 g/mol. The summed E-state index contributed by atoms with van der Waals surface area (Å²) in [5.41, 5.74) is 1.99. The summed E-state index contributed by atoms with van der Waals surface area (Å²) in [6.07, 6.45) is 0. The summed E-state index contributed by atoms with van der Waals surface area (Å²) in [7, 11) is 0. The van der Waals surface area contributed by atoms with E-state index in [1.54, 1.807) is 24.3 Å². The van der Waals surface area contributed by atoms with E-state index in [-0.39, 0.29) is 5.88 Å². The number of halogens is 1. The highest BCUT2D eigenvalue weighted by molar-refractivity contribution is 6.33. The van der Waals surface area contributed by atoms with E-state index in [0.29, 0.717) is 27.4 Å². The zero-order valence-corrected chi connectivity index (χ0v) is 14.9. The Morgan fingerprint density at radius 2 is 1.89 bits per heavy atom. The molecule has 5 aromatic rings. The molecular formula is C19H10ClN5O3. The van der Waals surface area contributed by atoms with Crippen LogP contribution in [0.2, 0.25) is 5.02 Å². The van der Waals surface area contributed by atoms with Gasteiger partial charge in [0.2, 0.25) is 5.88 Å². The van der Waals surface area contributed by atoms with Crippen molar-refractivity contribution in [3.63, 3.8) is 0 Å².